The quantitative estimate of drug-likeness (QED) is 0.728. The van der Waals surface area contributed by atoms with Gasteiger partial charge in [-0.1, -0.05) is 6.92 Å². The molecule has 0 aromatic heterocycles. The molecule has 4 nitrogen and oxygen atoms in total. The first-order valence-corrected chi connectivity index (χ1v) is 6.39. The van der Waals surface area contributed by atoms with E-state index in [0.717, 1.165) is 45.4 Å². The van der Waals surface area contributed by atoms with Crippen LogP contribution < -0.4 is 0 Å². The van der Waals surface area contributed by atoms with Crippen LogP contribution in [-0.2, 0) is 4.79 Å². The van der Waals surface area contributed by atoms with E-state index in [0.29, 0.717) is 6.54 Å². The molecule has 0 radical (unpaired) electrons. The van der Waals surface area contributed by atoms with Crippen LogP contribution in [0.15, 0.2) is 0 Å². The molecule has 1 saturated heterocycles. The van der Waals surface area contributed by atoms with Crippen molar-refractivity contribution in [2.75, 3.05) is 39.3 Å². The number of likely N-dealkylation sites (N-methyl/N-ethyl adjacent to an activating group) is 1. The number of amides is 1. The summed E-state index contributed by atoms with van der Waals surface area (Å²) in [6.07, 6.45) is 4.30. The predicted molar refractivity (Wildman–Crippen MR) is 64.2 cm³/mol. The number of hydrogen-bond donors (Lipinski definition) is 1. The smallest absolute Gasteiger partial charge is 0.236 e. The Morgan fingerprint density at radius 1 is 1.31 bits per heavy atom. The molecule has 16 heavy (non-hydrogen) atoms. The Labute approximate surface area is 98.2 Å². The van der Waals surface area contributed by atoms with Crippen LogP contribution >= 0.6 is 0 Å². The van der Waals surface area contributed by atoms with Crippen LogP contribution in [0.4, 0.5) is 0 Å². The maximum absolute atomic E-state index is 12.0. The van der Waals surface area contributed by atoms with Gasteiger partial charge in [-0.2, -0.15) is 0 Å². The van der Waals surface area contributed by atoms with Gasteiger partial charge in [-0.15, -0.1) is 0 Å². The zero-order chi connectivity index (χ0) is 11.8. The number of rotatable bonds is 6. The van der Waals surface area contributed by atoms with Gasteiger partial charge in [0.2, 0.25) is 5.91 Å². The van der Waals surface area contributed by atoms with Crippen molar-refractivity contribution < 1.29 is 9.90 Å². The summed E-state index contributed by atoms with van der Waals surface area (Å²) in [5.74, 6) is 0.250. The summed E-state index contributed by atoms with van der Waals surface area (Å²) in [6.45, 7) is 6.31. The lowest BCUT2D eigenvalue weighted by molar-refractivity contribution is -0.133. The Kier molecular flexibility index (Phi) is 6.42. The molecule has 1 aliphatic rings. The van der Waals surface area contributed by atoms with Crippen LogP contribution in [0.1, 0.15) is 32.6 Å². The molecule has 0 spiro atoms. The zero-order valence-electron chi connectivity index (χ0n) is 10.3. The van der Waals surface area contributed by atoms with Crippen LogP contribution in [0.3, 0.4) is 0 Å². The van der Waals surface area contributed by atoms with Crippen LogP contribution in [0.25, 0.3) is 0 Å². The highest BCUT2D eigenvalue weighted by Crippen LogP contribution is 2.09. The standard InChI is InChI=1S/C12H24N2O2/c1-2-13(7-6-10-15)11-12(16)14-8-4-3-5-9-14/h15H,2-11H2,1H3. The number of aliphatic hydroxyl groups is 1. The van der Waals surface area contributed by atoms with Crippen LogP contribution in [-0.4, -0.2) is 60.1 Å². The van der Waals surface area contributed by atoms with Gasteiger partial charge in [0.25, 0.3) is 0 Å². The molecule has 1 rings (SSSR count). The normalized spacial score (nSPS) is 16.8. The fraction of sp³-hybridized carbons (Fsp3) is 0.917. The Balaban J connectivity index is 2.29. The van der Waals surface area contributed by atoms with Gasteiger partial charge in [0, 0.05) is 26.2 Å². The molecular weight excluding hydrogens is 204 g/mol. The summed E-state index contributed by atoms with van der Waals surface area (Å²) in [7, 11) is 0. The first kappa shape index (κ1) is 13.5. The van der Waals surface area contributed by atoms with E-state index in [1.807, 2.05) is 4.90 Å². The van der Waals surface area contributed by atoms with Gasteiger partial charge in [0.1, 0.15) is 0 Å². The highest BCUT2D eigenvalue weighted by molar-refractivity contribution is 5.78. The SMILES string of the molecule is CCN(CCCO)CC(=O)N1CCCCC1. The second-order valence-electron chi connectivity index (χ2n) is 4.39. The number of carbonyl (C=O) groups is 1. The monoisotopic (exact) mass is 228 g/mol. The van der Waals surface area contributed by atoms with E-state index >= 15 is 0 Å². The van der Waals surface area contributed by atoms with Crippen molar-refractivity contribution in [3.8, 4) is 0 Å². The minimum absolute atomic E-state index is 0.203. The Morgan fingerprint density at radius 2 is 2.00 bits per heavy atom. The summed E-state index contributed by atoms with van der Waals surface area (Å²) in [5, 5.41) is 8.77. The molecule has 0 aromatic rings. The lowest BCUT2D eigenvalue weighted by atomic mass is 10.1. The number of aliphatic hydroxyl groups excluding tert-OH is 1. The van der Waals surface area contributed by atoms with Crippen molar-refractivity contribution in [2.24, 2.45) is 0 Å². The second kappa shape index (κ2) is 7.63. The van der Waals surface area contributed by atoms with Gasteiger partial charge in [0.15, 0.2) is 0 Å². The van der Waals surface area contributed by atoms with E-state index < -0.39 is 0 Å². The molecule has 0 unspecified atom stereocenters. The van der Waals surface area contributed by atoms with Crippen molar-refractivity contribution >= 4 is 5.91 Å². The average Bonchev–Trinajstić information content (AvgIpc) is 2.35. The van der Waals surface area contributed by atoms with Crippen LogP contribution in [0, 0.1) is 0 Å². The zero-order valence-corrected chi connectivity index (χ0v) is 10.3. The number of nitrogens with zero attached hydrogens (tertiary/aromatic N) is 2. The first-order chi connectivity index (χ1) is 7.77. The van der Waals surface area contributed by atoms with E-state index in [2.05, 4.69) is 11.8 Å². The maximum atomic E-state index is 12.0. The van der Waals surface area contributed by atoms with Gasteiger partial charge in [-0.05, 0) is 32.2 Å². The molecule has 0 saturated carbocycles. The predicted octanol–water partition coefficient (Wildman–Crippen LogP) is 0.703. The van der Waals surface area contributed by atoms with Crippen molar-refractivity contribution in [1.29, 1.82) is 0 Å². The maximum Gasteiger partial charge on any atom is 0.236 e. The molecule has 4 heteroatoms. The summed E-state index contributed by atoms with van der Waals surface area (Å²) in [5.41, 5.74) is 0. The summed E-state index contributed by atoms with van der Waals surface area (Å²) >= 11 is 0. The Morgan fingerprint density at radius 3 is 2.56 bits per heavy atom. The van der Waals surface area contributed by atoms with Gasteiger partial charge >= 0.3 is 0 Å². The lowest BCUT2D eigenvalue weighted by Gasteiger charge is -2.29. The third-order valence-corrected chi connectivity index (χ3v) is 3.15. The van der Waals surface area contributed by atoms with Crippen molar-refractivity contribution in [1.82, 2.24) is 9.80 Å². The third kappa shape index (κ3) is 4.49. The largest absolute Gasteiger partial charge is 0.396 e. The van der Waals surface area contributed by atoms with E-state index in [1.165, 1.54) is 6.42 Å². The number of carbonyl (C=O) groups excluding carboxylic acids is 1. The fourth-order valence-corrected chi connectivity index (χ4v) is 2.08. The molecule has 1 aliphatic heterocycles. The Hall–Kier alpha value is -0.610. The molecule has 0 atom stereocenters. The highest BCUT2D eigenvalue weighted by Gasteiger charge is 2.18. The molecule has 1 fully saturated rings. The molecule has 1 amide bonds. The van der Waals surface area contributed by atoms with E-state index in [1.54, 1.807) is 0 Å². The highest BCUT2D eigenvalue weighted by atomic mass is 16.3. The van der Waals surface area contributed by atoms with Gasteiger partial charge in [0.05, 0.1) is 6.54 Å². The van der Waals surface area contributed by atoms with E-state index in [4.69, 9.17) is 5.11 Å². The fourth-order valence-electron chi connectivity index (χ4n) is 2.08. The van der Waals surface area contributed by atoms with Gasteiger partial charge in [-0.25, -0.2) is 0 Å². The summed E-state index contributed by atoms with van der Waals surface area (Å²) in [6, 6.07) is 0. The van der Waals surface area contributed by atoms with Crippen molar-refractivity contribution in [2.45, 2.75) is 32.6 Å². The van der Waals surface area contributed by atoms with Crippen LogP contribution in [0.2, 0.25) is 0 Å². The summed E-state index contributed by atoms with van der Waals surface area (Å²) in [4.78, 5) is 16.0. The molecule has 94 valence electrons. The first-order valence-electron chi connectivity index (χ1n) is 6.39. The third-order valence-electron chi connectivity index (χ3n) is 3.15. The van der Waals surface area contributed by atoms with Gasteiger partial charge < -0.3 is 10.0 Å². The minimum atomic E-state index is 0.203. The lowest BCUT2D eigenvalue weighted by Crippen LogP contribution is -2.43. The second-order valence-corrected chi connectivity index (χ2v) is 4.39. The van der Waals surface area contributed by atoms with Gasteiger partial charge in [-0.3, -0.25) is 9.69 Å². The number of piperidine rings is 1. The average molecular weight is 228 g/mol. The number of hydrogen-bond acceptors (Lipinski definition) is 3. The van der Waals surface area contributed by atoms with Crippen molar-refractivity contribution in [3.05, 3.63) is 0 Å². The molecular formula is C12H24N2O2. The Bertz CT molecular complexity index is 203. The molecule has 0 aromatic carbocycles. The molecule has 0 bridgehead atoms. The molecule has 1 heterocycles. The topological polar surface area (TPSA) is 43.8 Å². The molecule has 0 aliphatic carbocycles. The van der Waals surface area contributed by atoms with Crippen LogP contribution in [0.5, 0.6) is 0 Å². The van der Waals surface area contributed by atoms with E-state index in [-0.39, 0.29) is 12.5 Å². The van der Waals surface area contributed by atoms with Crippen molar-refractivity contribution in [3.63, 3.8) is 0 Å². The summed E-state index contributed by atoms with van der Waals surface area (Å²) < 4.78 is 0. The number of likely N-dealkylation sites (tertiary alicyclic amines) is 1. The minimum Gasteiger partial charge on any atom is -0.396 e. The molecule has 1 N–H and O–H groups in total. The van der Waals surface area contributed by atoms with E-state index in [9.17, 15) is 4.79 Å².